The van der Waals surface area contributed by atoms with Crippen LogP contribution in [0.25, 0.3) is 0 Å². The second kappa shape index (κ2) is 5.21. The van der Waals surface area contributed by atoms with Crippen molar-refractivity contribution in [3.8, 4) is 0 Å². The van der Waals surface area contributed by atoms with Crippen LogP contribution in [-0.4, -0.2) is 40.1 Å². The SMILES string of the molecule is OC(c1csnn1)C1CCOC2(CCOCC2)C1. The van der Waals surface area contributed by atoms with Gasteiger partial charge in [0, 0.05) is 25.2 Å². The normalized spacial score (nSPS) is 29.3. The highest BCUT2D eigenvalue weighted by molar-refractivity contribution is 7.03. The third-order valence-electron chi connectivity index (χ3n) is 4.06. The van der Waals surface area contributed by atoms with Crippen molar-refractivity contribution in [3.63, 3.8) is 0 Å². The van der Waals surface area contributed by atoms with E-state index in [2.05, 4.69) is 9.59 Å². The topological polar surface area (TPSA) is 64.5 Å². The number of rotatable bonds is 2. The molecule has 100 valence electrons. The summed E-state index contributed by atoms with van der Waals surface area (Å²) in [5.41, 5.74) is 0.625. The van der Waals surface area contributed by atoms with Crippen LogP contribution in [-0.2, 0) is 9.47 Å². The molecule has 1 aromatic heterocycles. The molecule has 2 atom stereocenters. The van der Waals surface area contributed by atoms with E-state index in [0.29, 0.717) is 5.69 Å². The Morgan fingerprint density at radius 1 is 1.39 bits per heavy atom. The average Bonchev–Trinajstić information content (AvgIpc) is 2.93. The third-order valence-corrected chi connectivity index (χ3v) is 4.58. The molecule has 0 amide bonds. The molecule has 1 spiro atoms. The number of hydrogen-bond acceptors (Lipinski definition) is 6. The van der Waals surface area contributed by atoms with Crippen LogP contribution in [0.3, 0.4) is 0 Å². The first kappa shape index (κ1) is 12.5. The molecule has 1 N–H and O–H groups in total. The Kier molecular flexibility index (Phi) is 3.61. The smallest absolute Gasteiger partial charge is 0.104 e. The van der Waals surface area contributed by atoms with Gasteiger partial charge in [-0.1, -0.05) is 4.49 Å². The van der Waals surface area contributed by atoms with Crippen molar-refractivity contribution in [3.05, 3.63) is 11.1 Å². The van der Waals surface area contributed by atoms with Gasteiger partial charge in [-0.05, 0) is 43.1 Å². The third kappa shape index (κ3) is 2.42. The lowest BCUT2D eigenvalue weighted by molar-refractivity contribution is -0.159. The predicted octanol–water partition coefficient (Wildman–Crippen LogP) is 1.55. The molecule has 2 fully saturated rings. The quantitative estimate of drug-likeness (QED) is 0.883. The van der Waals surface area contributed by atoms with E-state index in [0.717, 1.165) is 45.5 Å². The van der Waals surface area contributed by atoms with Crippen molar-refractivity contribution in [2.24, 2.45) is 5.92 Å². The lowest BCUT2D eigenvalue weighted by atomic mass is 9.78. The molecule has 2 unspecified atom stereocenters. The molecule has 0 aromatic carbocycles. The molecule has 3 rings (SSSR count). The minimum atomic E-state index is -0.507. The van der Waals surface area contributed by atoms with E-state index in [1.54, 1.807) is 0 Å². The van der Waals surface area contributed by atoms with E-state index in [-0.39, 0.29) is 11.5 Å². The van der Waals surface area contributed by atoms with E-state index in [9.17, 15) is 5.11 Å². The molecular formula is C12H18N2O3S. The fourth-order valence-electron chi connectivity index (χ4n) is 2.97. The molecule has 0 radical (unpaired) electrons. The maximum atomic E-state index is 10.4. The average molecular weight is 270 g/mol. The van der Waals surface area contributed by atoms with Gasteiger partial charge < -0.3 is 14.6 Å². The fourth-order valence-corrected chi connectivity index (χ4v) is 3.45. The summed E-state index contributed by atoms with van der Waals surface area (Å²) in [4.78, 5) is 0. The molecule has 18 heavy (non-hydrogen) atoms. The molecule has 0 saturated carbocycles. The van der Waals surface area contributed by atoms with E-state index in [1.807, 2.05) is 5.38 Å². The highest BCUT2D eigenvalue weighted by atomic mass is 32.1. The predicted molar refractivity (Wildman–Crippen MR) is 66.3 cm³/mol. The van der Waals surface area contributed by atoms with Crippen LogP contribution in [0.1, 0.15) is 37.5 Å². The Morgan fingerprint density at radius 3 is 2.94 bits per heavy atom. The summed E-state index contributed by atoms with van der Waals surface area (Å²) in [5, 5.41) is 16.2. The van der Waals surface area contributed by atoms with Crippen molar-refractivity contribution in [1.29, 1.82) is 0 Å². The van der Waals surface area contributed by atoms with E-state index in [4.69, 9.17) is 9.47 Å². The van der Waals surface area contributed by atoms with Crippen LogP contribution < -0.4 is 0 Å². The molecule has 0 bridgehead atoms. The second-order valence-electron chi connectivity index (χ2n) is 5.17. The summed E-state index contributed by atoms with van der Waals surface area (Å²) < 4.78 is 15.2. The van der Waals surface area contributed by atoms with E-state index in [1.165, 1.54) is 11.5 Å². The second-order valence-corrected chi connectivity index (χ2v) is 5.78. The van der Waals surface area contributed by atoms with Crippen LogP contribution in [0, 0.1) is 5.92 Å². The Labute approximate surface area is 110 Å². The highest BCUT2D eigenvalue weighted by Crippen LogP contribution is 2.41. The molecule has 2 aliphatic rings. The van der Waals surface area contributed by atoms with Crippen LogP contribution in [0.15, 0.2) is 5.38 Å². The largest absolute Gasteiger partial charge is 0.386 e. The van der Waals surface area contributed by atoms with Gasteiger partial charge in [-0.2, -0.15) is 0 Å². The maximum absolute atomic E-state index is 10.4. The van der Waals surface area contributed by atoms with Crippen molar-refractivity contribution in [1.82, 2.24) is 9.59 Å². The molecule has 6 heteroatoms. The van der Waals surface area contributed by atoms with Gasteiger partial charge in [-0.25, -0.2) is 0 Å². The van der Waals surface area contributed by atoms with E-state index >= 15 is 0 Å². The van der Waals surface area contributed by atoms with Gasteiger partial charge in [0.05, 0.1) is 5.60 Å². The maximum Gasteiger partial charge on any atom is 0.104 e. The number of aliphatic hydroxyl groups excluding tert-OH is 1. The van der Waals surface area contributed by atoms with Crippen molar-refractivity contribution in [2.45, 2.75) is 37.4 Å². The summed E-state index contributed by atoms with van der Waals surface area (Å²) in [5.74, 6) is 0.223. The van der Waals surface area contributed by atoms with Gasteiger partial charge in [-0.15, -0.1) is 5.10 Å². The van der Waals surface area contributed by atoms with Gasteiger partial charge in [-0.3, -0.25) is 0 Å². The van der Waals surface area contributed by atoms with Crippen LogP contribution in [0.4, 0.5) is 0 Å². The van der Waals surface area contributed by atoms with Crippen LogP contribution >= 0.6 is 11.5 Å². The number of aromatic nitrogens is 2. The van der Waals surface area contributed by atoms with Gasteiger partial charge >= 0.3 is 0 Å². The fraction of sp³-hybridized carbons (Fsp3) is 0.833. The van der Waals surface area contributed by atoms with Gasteiger partial charge in [0.2, 0.25) is 0 Å². The number of hydrogen-bond donors (Lipinski definition) is 1. The minimum absolute atomic E-state index is 0.0778. The Bertz CT molecular complexity index is 373. The Balaban J connectivity index is 1.70. The lowest BCUT2D eigenvalue weighted by Gasteiger charge is -2.44. The number of aliphatic hydroxyl groups is 1. The first-order valence-electron chi connectivity index (χ1n) is 6.46. The molecule has 5 nitrogen and oxygen atoms in total. The zero-order valence-electron chi connectivity index (χ0n) is 10.2. The first-order chi connectivity index (χ1) is 8.79. The molecule has 2 saturated heterocycles. The Morgan fingerprint density at radius 2 is 2.22 bits per heavy atom. The van der Waals surface area contributed by atoms with Gasteiger partial charge in [0.25, 0.3) is 0 Å². The number of ether oxygens (including phenoxy) is 2. The molecular weight excluding hydrogens is 252 g/mol. The molecule has 1 aromatic rings. The molecule has 0 aliphatic carbocycles. The summed E-state index contributed by atoms with van der Waals surface area (Å²) in [7, 11) is 0. The lowest BCUT2D eigenvalue weighted by Crippen LogP contribution is -2.45. The van der Waals surface area contributed by atoms with Crippen molar-refractivity contribution >= 4 is 11.5 Å². The Hall–Kier alpha value is -0.560. The monoisotopic (exact) mass is 270 g/mol. The summed E-state index contributed by atoms with van der Waals surface area (Å²) >= 11 is 1.29. The van der Waals surface area contributed by atoms with E-state index < -0.39 is 6.10 Å². The van der Waals surface area contributed by atoms with Crippen LogP contribution in [0.5, 0.6) is 0 Å². The summed E-state index contributed by atoms with van der Waals surface area (Å²) in [6, 6.07) is 0. The zero-order valence-corrected chi connectivity index (χ0v) is 11.1. The molecule has 3 heterocycles. The standard InChI is InChI=1S/C12H18N2O3S/c15-11(10-8-18-14-13-10)9-1-4-17-12(7-9)2-5-16-6-3-12/h8-9,11,15H,1-7H2. The van der Waals surface area contributed by atoms with Crippen LogP contribution in [0.2, 0.25) is 0 Å². The minimum Gasteiger partial charge on any atom is -0.386 e. The van der Waals surface area contributed by atoms with Crippen molar-refractivity contribution < 1.29 is 14.6 Å². The first-order valence-corrected chi connectivity index (χ1v) is 7.29. The molecule has 2 aliphatic heterocycles. The number of nitrogens with zero attached hydrogens (tertiary/aromatic N) is 2. The van der Waals surface area contributed by atoms with Gasteiger partial charge in [0.15, 0.2) is 0 Å². The van der Waals surface area contributed by atoms with Crippen molar-refractivity contribution in [2.75, 3.05) is 19.8 Å². The highest BCUT2D eigenvalue weighted by Gasteiger charge is 2.41. The zero-order chi connectivity index (χ0) is 12.4. The van der Waals surface area contributed by atoms with Gasteiger partial charge in [0.1, 0.15) is 11.8 Å². The summed E-state index contributed by atoms with van der Waals surface area (Å²) in [6.45, 7) is 2.25. The summed E-state index contributed by atoms with van der Waals surface area (Å²) in [6.07, 6.45) is 3.15.